The summed E-state index contributed by atoms with van der Waals surface area (Å²) in [5, 5.41) is 8.14. The molecule has 0 aliphatic rings. The van der Waals surface area contributed by atoms with Gasteiger partial charge < -0.3 is 0 Å². The molecule has 0 aliphatic heterocycles. The van der Waals surface area contributed by atoms with Gasteiger partial charge in [0.1, 0.15) is 16.8 Å². The number of hydrogen-bond donors (Lipinski definition) is 0. The van der Waals surface area contributed by atoms with Crippen LogP contribution in [0.25, 0.3) is 0 Å². The van der Waals surface area contributed by atoms with Gasteiger partial charge in [-0.2, -0.15) is 18.4 Å². The van der Waals surface area contributed by atoms with Gasteiger partial charge in [0.15, 0.2) is 0 Å². The fourth-order valence-corrected chi connectivity index (χ4v) is 1.18. The van der Waals surface area contributed by atoms with E-state index in [1.54, 1.807) is 6.07 Å². The molecule has 0 bridgehead atoms. The van der Waals surface area contributed by atoms with E-state index in [2.05, 4.69) is 4.98 Å². The van der Waals surface area contributed by atoms with Crippen molar-refractivity contribution in [3.8, 4) is 6.07 Å². The number of alkyl halides is 3. The molecule has 0 radical (unpaired) electrons. The minimum Gasteiger partial charge on any atom is -0.230 e. The summed E-state index contributed by atoms with van der Waals surface area (Å²) in [4.78, 5) is 3.46. The van der Waals surface area contributed by atoms with Gasteiger partial charge >= 0.3 is 5.51 Å². The first-order chi connectivity index (χ1) is 6.01. The fourth-order valence-electron chi connectivity index (χ4n) is 0.653. The first-order valence-electron chi connectivity index (χ1n) is 3.14. The maximum atomic E-state index is 11.8. The lowest BCUT2D eigenvalue weighted by Crippen LogP contribution is -2.00. The molecule has 0 atom stereocenters. The average Bonchev–Trinajstić information content (AvgIpc) is 2.01. The third-order valence-corrected chi connectivity index (χ3v) is 1.73. The van der Waals surface area contributed by atoms with Gasteiger partial charge in [0.05, 0.1) is 0 Å². The Morgan fingerprint density at radius 2 is 2.08 bits per heavy atom. The van der Waals surface area contributed by atoms with Crippen molar-refractivity contribution in [3.05, 3.63) is 23.9 Å². The van der Waals surface area contributed by atoms with Crippen LogP contribution in [-0.4, -0.2) is 10.5 Å². The summed E-state index contributed by atoms with van der Waals surface area (Å²) in [6.45, 7) is 0. The standard InChI is InChI=1S/C7H3F3N2S/c8-7(9,10)13-6-3-1-2-5(4-11)12-6/h1-3H. The van der Waals surface area contributed by atoms with Crippen LogP contribution < -0.4 is 0 Å². The van der Waals surface area contributed by atoms with Crippen LogP contribution in [0.5, 0.6) is 0 Å². The number of hydrogen-bond acceptors (Lipinski definition) is 3. The van der Waals surface area contributed by atoms with Crippen molar-refractivity contribution in [3.63, 3.8) is 0 Å². The van der Waals surface area contributed by atoms with E-state index in [9.17, 15) is 13.2 Å². The predicted molar refractivity (Wildman–Crippen MR) is 40.9 cm³/mol. The van der Waals surface area contributed by atoms with Crippen molar-refractivity contribution in [1.29, 1.82) is 5.26 Å². The monoisotopic (exact) mass is 204 g/mol. The molecule has 0 aromatic carbocycles. The van der Waals surface area contributed by atoms with Crippen LogP contribution in [0.4, 0.5) is 13.2 Å². The molecule has 0 N–H and O–H groups in total. The summed E-state index contributed by atoms with van der Waals surface area (Å²) in [5.74, 6) is 0. The number of halogens is 3. The van der Waals surface area contributed by atoms with Crippen molar-refractivity contribution in [2.24, 2.45) is 0 Å². The van der Waals surface area contributed by atoms with Gasteiger partial charge in [-0.3, -0.25) is 0 Å². The number of nitriles is 1. The molecule has 6 heteroatoms. The van der Waals surface area contributed by atoms with Crippen LogP contribution in [0.15, 0.2) is 23.2 Å². The third-order valence-electron chi connectivity index (χ3n) is 1.06. The van der Waals surface area contributed by atoms with E-state index in [1.165, 1.54) is 18.2 Å². The molecule has 0 aliphatic carbocycles. The van der Waals surface area contributed by atoms with Gasteiger partial charge in [0, 0.05) is 11.8 Å². The SMILES string of the molecule is N#Cc1cccc(SC(F)(F)F)n1. The summed E-state index contributed by atoms with van der Waals surface area (Å²) in [5.41, 5.74) is -4.38. The highest BCUT2D eigenvalue weighted by Crippen LogP contribution is 2.35. The van der Waals surface area contributed by atoms with Crippen molar-refractivity contribution < 1.29 is 13.2 Å². The van der Waals surface area contributed by atoms with Gasteiger partial charge in [-0.05, 0) is 12.1 Å². The highest BCUT2D eigenvalue weighted by atomic mass is 32.2. The molecule has 0 saturated heterocycles. The van der Waals surface area contributed by atoms with Crippen molar-refractivity contribution in [2.45, 2.75) is 10.5 Å². The van der Waals surface area contributed by atoms with Crippen LogP contribution >= 0.6 is 11.8 Å². The highest BCUT2D eigenvalue weighted by Gasteiger charge is 2.29. The topological polar surface area (TPSA) is 36.7 Å². The van der Waals surface area contributed by atoms with Crippen molar-refractivity contribution in [2.75, 3.05) is 0 Å². The molecule has 1 aromatic heterocycles. The van der Waals surface area contributed by atoms with Crippen LogP contribution in [0.3, 0.4) is 0 Å². The molecular weight excluding hydrogens is 201 g/mol. The first kappa shape index (κ1) is 9.86. The van der Waals surface area contributed by atoms with Gasteiger partial charge in [0.2, 0.25) is 0 Å². The Kier molecular flexibility index (Phi) is 2.78. The normalized spacial score (nSPS) is 10.9. The summed E-state index contributed by atoms with van der Waals surface area (Å²) in [7, 11) is 0. The van der Waals surface area contributed by atoms with E-state index in [4.69, 9.17) is 5.26 Å². The summed E-state index contributed by atoms with van der Waals surface area (Å²) in [6.07, 6.45) is 0. The molecule has 0 spiro atoms. The first-order valence-corrected chi connectivity index (χ1v) is 3.96. The Morgan fingerprint density at radius 1 is 1.38 bits per heavy atom. The number of pyridine rings is 1. The molecule has 0 saturated carbocycles. The lowest BCUT2D eigenvalue weighted by molar-refractivity contribution is -0.0329. The van der Waals surface area contributed by atoms with E-state index in [-0.39, 0.29) is 22.5 Å². The molecule has 1 rings (SSSR count). The summed E-state index contributed by atoms with van der Waals surface area (Å²) in [6, 6.07) is 5.58. The number of rotatable bonds is 1. The lowest BCUT2D eigenvalue weighted by Gasteiger charge is -2.03. The van der Waals surface area contributed by atoms with E-state index < -0.39 is 5.51 Å². The molecular formula is C7H3F3N2S. The Bertz CT molecular complexity index is 342. The second-order valence-corrected chi connectivity index (χ2v) is 3.11. The third kappa shape index (κ3) is 3.34. The Labute approximate surface area is 76.4 Å². The fraction of sp³-hybridized carbons (Fsp3) is 0.143. The molecule has 0 amide bonds. The quantitative estimate of drug-likeness (QED) is 0.659. The Morgan fingerprint density at radius 3 is 2.62 bits per heavy atom. The largest absolute Gasteiger partial charge is 0.447 e. The van der Waals surface area contributed by atoms with Gasteiger partial charge in [-0.25, -0.2) is 4.98 Å². The van der Waals surface area contributed by atoms with Crippen LogP contribution in [0.2, 0.25) is 0 Å². The predicted octanol–water partition coefficient (Wildman–Crippen LogP) is 2.57. The van der Waals surface area contributed by atoms with Gasteiger partial charge in [-0.15, -0.1) is 0 Å². The molecule has 1 heterocycles. The van der Waals surface area contributed by atoms with Crippen molar-refractivity contribution >= 4 is 11.8 Å². The van der Waals surface area contributed by atoms with Gasteiger partial charge in [-0.1, -0.05) is 6.07 Å². The van der Waals surface area contributed by atoms with E-state index in [0.717, 1.165) is 0 Å². The minimum absolute atomic E-state index is 0.0192. The van der Waals surface area contributed by atoms with E-state index >= 15 is 0 Å². The molecule has 1 aromatic rings. The second kappa shape index (κ2) is 3.66. The summed E-state index contributed by atoms with van der Waals surface area (Å²) < 4.78 is 35.5. The van der Waals surface area contributed by atoms with E-state index in [0.29, 0.717) is 0 Å². The lowest BCUT2D eigenvalue weighted by atomic mass is 10.4. The van der Waals surface area contributed by atoms with Gasteiger partial charge in [0.25, 0.3) is 0 Å². The van der Waals surface area contributed by atoms with Crippen LogP contribution in [0, 0.1) is 11.3 Å². The number of nitrogens with zero attached hydrogens (tertiary/aromatic N) is 2. The molecule has 2 nitrogen and oxygen atoms in total. The Balaban J connectivity index is 2.86. The smallest absolute Gasteiger partial charge is 0.230 e. The highest BCUT2D eigenvalue weighted by molar-refractivity contribution is 8.00. The molecule has 0 unspecified atom stereocenters. The maximum absolute atomic E-state index is 11.8. The molecule has 68 valence electrons. The average molecular weight is 204 g/mol. The van der Waals surface area contributed by atoms with E-state index in [1.807, 2.05) is 0 Å². The Hall–Kier alpha value is -1.22. The van der Waals surface area contributed by atoms with Crippen molar-refractivity contribution in [1.82, 2.24) is 4.98 Å². The zero-order valence-electron chi connectivity index (χ0n) is 6.17. The molecule has 13 heavy (non-hydrogen) atoms. The summed E-state index contributed by atoms with van der Waals surface area (Å²) >= 11 is -0.332. The number of aromatic nitrogens is 1. The molecule has 0 fully saturated rings. The zero-order chi connectivity index (χ0) is 9.90. The minimum atomic E-state index is -4.36. The maximum Gasteiger partial charge on any atom is 0.447 e. The number of thioether (sulfide) groups is 1. The zero-order valence-corrected chi connectivity index (χ0v) is 6.99. The van der Waals surface area contributed by atoms with Crippen LogP contribution in [-0.2, 0) is 0 Å². The van der Waals surface area contributed by atoms with Crippen LogP contribution in [0.1, 0.15) is 5.69 Å². The second-order valence-electron chi connectivity index (χ2n) is 2.02.